The van der Waals surface area contributed by atoms with Crippen molar-refractivity contribution in [1.82, 2.24) is 0 Å². The van der Waals surface area contributed by atoms with Crippen LogP contribution in [0.15, 0.2) is 0 Å². The fraction of sp³-hybridized carbons (Fsp3) is 1.00. The molecule has 0 aromatic rings. The summed E-state index contributed by atoms with van der Waals surface area (Å²) in [5, 5.41) is 38.4. The second-order valence-corrected chi connectivity index (χ2v) is 1.62. The van der Waals surface area contributed by atoms with E-state index < -0.39 is 0 Å². The highest BCUT2D eigenvalue weighted by Gasteiger charge is 1.58. The Balaban J connectivity index is -0.000000101. The predicted octanol–water partition coefficient (Wildman–Crippen LogP) is -1.67. The summed E-state index contributed by atoms with van der Waals surface area (Å²) >= 11 is 0. The quantitative estimate of drug-likeness (QED) is 0.361. The Morgan fingerprint density at radius 3 is 0.750 bits per heavy atom. The van der Waals surface area contributed by atoms with E-state index in [0.29, 0.717) is 6.61 Å². The third kappa shape index (κ3) is 96.8. The van der Waals surface area contributed by atoms with E-state index in [1.807, 2.05) is 6.92 Å². The van der Waals surface area contributed by atoms with E-state index in [-0.39, 0.29) is 26.4 Å². The van der Waals surface area contributed by atoms with Crippen molar-refractivity contribution in [1.29, 1.82) is 0 Å². The van der Waals surface area contributed by atoms with Gasteiger partial charge in [0.2, 0.25) is 0 Å². The number of rotatable bonds is 3. The highest BCUT2D eigenvalue weighted by molar-refractivity contribution is 4.10. The fourth-order valence-electron chi connectivity index (χ4n) is 0. The zero-order valence-corrected chi connectivity index (χ0v) is 7.48. The predicted molar refractivity (Wildman–Crippen MR) is 45.7 cm³/mol. The summed E-state index contributed by atoms with van der Waals surface area (Å²) in [4.78, 5) is 0. The zero-order chi connectivity index (χ0) is 10.2. The zero-order valence-electron chi connectivity index (χ0n) is 7.48. The fourth-order valence-corrected chi connectivity index (χ4v) is 0. The van der Waals surface area contributed by atoms with Crippen molar-refractivity contribution >= 4 is 0 Å². The molecule has 78 valence electrons. The molecule has 0 unspecified atom stereocenters. The molecule has 0 saturated heterocycles. The smallest absolute Gasteiger partial charge is 0.0662 e. The number of hydrogen-bond acceptors (Lipinski definition) is 5. The van der Waals surface area contributed by atoms with Crippen LogP contribution in [0.4, 0.5) is 0 Å². The van der Waals surface area contributed by atoms with Gasteiger partial charge in [-0.05, 0) is 6.42 Å². The SMILES string of the molecule is CCCO.OCCO.OCCO. The second kappa shape index (κ2) is 30.8. The lowest BCUT2D eigenvalue weighted by atomic mass is 10.5. The first-order valence-corrected chi connectivity index (χ1v) is 3.79. The van der Waals surface area contributed by atoms with Crippen molar-refractivity contribution < 1.29 is 25.5 Å². The van der Waals surface area contributed by atoms with Gasteiger partial charge in [0.25, 0.3) is 0 Å². The lowest BCUT2D eigenvalue weighted by Crippen LogP contribution is -1.85. The van der Waals surface area contributed by atoms with Crippen molar-refractivity contribution in [2.24, 2.45) is 0 Å². The second-order valence-electron chi connectivity index (χ2n) is 1.62. The molecule has 0 heterocycles. The number of aliphatic hydroxyl groups is 5. The van der Waals surface area contributed by atoms with Gasteiger partial charge in [-0.25, -0.2) is 0 Å². The van der Waals surface area contributed by atoms with Gasteiger partial charge in [0.1, 0.15) is 0 Å². The molecule has 0 aromatic heterocycles. The maximum atomic E-state index is 7.88. The Bertz CT molecular complexity index is 27.3. The van der Waals surface area contributed by atoms with Crippen LogP contribution >= 0.6 is 0 Å². The monoisotopic (exact) mass is 184 g/mol. The van der Waals surface area contributed by atoms with Gasteiger partial charge >= 0.3 is 0 Å². The van der Waals surface area contributed by atoms with Gasteiger partial charge in [-0.1, -0.05) is 6.92 Å². The number of aliphatic hydroxyl groups excluding tert-OH is 5. The van der Waals surface area contributed by atoms with E-state index in [1.165, 1.54) is 0 Å². The first-order chi connectivity index (χ1) is 5.74. The molecule has 0 aliphatic rings. The molecule has 0 radical (unpaired) electrons. The molecule has 0 aliphatic heterocycles. The molecule has 0 rings (SSSR count). The maximum absolute atomic E-state index is 7.88. The van der Waals surface area contributed by atoms with Gasteiger partial charge in [0.15, 0.2) is 0 Å². The molecule has 0 bridgehead atoms. The highest BCUT2D eigenvalue weighted by atomic mass is 16.3. The molecule has 0 amide bonds. The Morgan fingerprint density at radius 2 is 0.750 bits per heavy atom. The molecular formula is C7H20O5. The van der Waals surface area contributed by atoms with E-state index in [1.54, 1.807) is 0 Å². The van der Waals surface area contributed by atoms with Crippen LogP contribution in [0.1, 0.15) is 13.3 Å². The largest absolute Gasteiger partial charge is 0.396 e. The third-order valence-electron chi connectivity index (χ3n) is 0.424. The molecular weight excluding hydrogens is 164 g/mol. The summed E-state index contributed by atoms with van der Waals surface area (Å²) in [7, 11) is 0. The summed E-state index contributed by atoms with van der Waals surface area (Å²) < 4.78 is 0. The molecule has 0 atom stereocenters. The highest BCUT2D eigenvalue weighted by Crippen LogP contribution is 1.61. The minimum atomic E-state index is -0.125. The van der Waals surface area contributed by atoms with E-state index in [9.17, 15) is 0 Å². The molecule has 0 aromatic carbocycles. The van der Waals surface area contributed by atoms with Crippen LogP contribution in [0.2, 0.25) is 0 Å². The standard InChI is InChI=1S/C3H8O.2C2H6O2/c1-2-3-4;2*3-1-2-4/h4H,2-3H2,1H3;2*3-4H,1-2H2. The van der Waals surface area contributed by atoms with Crippen LogP contribution in [0.5, 0.6) is 0 Å². The van der Waals surface area contributed by atoms with E-state index in [0.717, 1.165) is 6.42 Å². The van der Waals surface area contributed by atoms with Crippen molar-refractivity contribution in [2.45, 2.75) is 13.3 Å². The summed E-state index contributed by atoms with van der Waals surface area (Å²) in [6, 6.07) is 0. The Morgan fingerprint density at radius 1 is 0.583 bits per heavy atom. The van der Waals surface area contributed by atoms with Crippen LogP contribution in [0.3, 0.4) is 0 Å². The molecule has 12 heavy (non-hydrogen) atoms. The van der Waals surface area contributed by atoms with Crippen LogP contribution in [0, 0.1) is 0 Å². The lowest BCUT2D eigenvalue weighted by molar-refractivity contribution is 0.186. The Kier molecular flexibility index (Phi) is 45.7. The van der Waals surface area contributed by atoms with E-state index in [4.69, 9.17) is 25.5 Å². The molecule has 0 aliphatic carbocycles. The van der Waals surface area contributed by atoms with Gasteiger partial charge in [0.05, 0.1) is 26.4 Å². The summed E-state index contributed by atoms with van der Waals surface area (Å²) in [5.74, 6) is 0. The van der Waals surface area contributed by atoms with E-state index >= 15 is 0 Å². The molecule has 0 fully saturated rings. The molecule has 5 nitrogen and oxygen atoms in total. The van der Waals surface area contributed by atoms with Crippen molar-refractivity contribution in [3.8, 4) is 0 Å². The summed E-state index contributed by atoms with van der Waals surface area (Å²) in [6.45, 7) is 1.75. The minimum Gasteiger partial charge on any atom is -0.396 e. The van der Waals surface area contributed by atoms with Gasteiger partial charge in [-0.3, -0.25) is 0 Å². The summed E-state index contributed by atoms with van der Waals surface area (Å²) in [5.41, 5.74) is 0. The topological polar surface area (TPSA) is 101 Å². The number of hydrogen-bond donors (Lipinski definition) is 5. The Labute approximate surface area is 72.9 Å². The average Bonchev–Trinajstić information content (AvgIpc) is 2.18. The van der Waals surface area contributed by atoms with Crippen LogP contribution in [-0.4, -0.2) is 58.6 Å². The lowest BCUT2D eigenvalue weighted by Gasteiger charge is -1.70. The first kappa shape index (κ1) is 17.8. The normalized spacial score (nSPS) is 7.50. The third-order valence-corrected chi connectivity index (χ3v) is 0.424. The molecule has 0 spiro atoms. The molecule has 5 heteroatoms. The molecule has 0 saturated carbocycles. The average molecular weight is 184 g/mol. The van der Waals surface area contributed by atoms with Crippen molar-refractivity contribution in [3.63, 3.8) is 0 Å². The van der Waals surface area contributed by atoms with Crippen LogP contribution in [-0.2, 0) is 0 Å². The minimum absolute atomic E-state index is 0.125. The van der Waals surface area contributed by atoms with Gasteiger partial charge in [-0.15, -0.1) is 0 Å². The van der Waals surface area contributed by atoms with Crippen molar-refractivity contribution in [2.75, 3.05) is 33.0 Å². The van der Waals surface area contributed by atoms with Crippen LogP contribution < -0.4 is 0 Å². The summed E-state index contributed by atoms with van der Waals surface area (Å²) in [6.07, 6.45) is 0.875. The Hall–Kier alpha value is -0.200. The van der Waals surface area contributed by atoms with Gasteiger partial charge in [-0.2, -0.15) is 0 Å². The molecule has 5 N–H and O–H groups in total. The van der Waals surface area contributed by atoms with Gasteiger partial charge in [0, 0.05) is 6.61 Å². The van der Waals surface area contributed by atoms with Crippen molar-refractivity contribution in [3.05, 3.63) is 0 Å². The first-order valence-electron chi connectivity index (χ1n) is 3.79. The van der Waals surface area contributed by atoms with Gasteiger partial charge < -0.3 is 25.5 Å². The van der Waals surface area contributed by atoms with E-state index in [2.05, 4.69) is 0 Å². The van der Waals surface area contributed by atoms with Crippen LogP contribution in [0.25, 0.3) is 0 Å². The maximum Gasteiger partial charge on any atom is 0.0662 e.